The van der Waals surface area contributed by atoms with Gasteiger partial charge in [-0.1, -0.05) is 0 Å². The summed E-state index contributed by atoms with van der Waals surface area (Å²) in [7, 11) is 0. The molecule has 9 heteroatoms. The number of thioether (sulfide) groups is 1. The predicted octanol–water partition coefficient (Wildman–Crippen LogP) is 2.03. The van der Waals surface area contributed by atoms with E-state index in [0.717, 1.165) is 24.9 Å². The van der Waals surface area contributed by atoms with Crippen molar-refractivity contribution in [3.63, 3.8) is 0 Å². The molecule has 122 valence electrons. The standard InChI is InChI=1S/C14H15N3O5S/c1-9-15-16-14(21-9)23-11(13(18)19)8-10-2-3-12(22-10)17-4-6-20-7-5-17/h2-3,8H,4-7H2,1H3,(H,18,19)/b11-8-. The number of carbonyl (C=O) groups is 1. The van der Waals surface area contributed by atoms with Crippen LogP contribution in [0.5, 0.6) is 0 Å². The molecule has 0 saturated carbocycles. The van der Waals surface area contributed by atoms with Crippen molar-refractivity contribution in [2.45, 2.75) is 12.1 Å². The first-order valence-corrected chi connectivity index (χ1v) is 7.79. The van der Waals surface area contributed by atoms with E-state index in [2.05, 4.69) is 15.1 Å². The zero-order valence-corrected chi connectivity index (χ0v) is 13.2. The summed E-state index contributed by atoms with van der Waals surface area (Å²) in [6, 6.07) is 3.55. The van der Waals surface area contributed by atoms with Gasteiger partial charge in [0.05, 0.1) is 13.2 Å². The molecule has 23 heavy (non-hydrogen) atoms. The van der Waals surface area contributed by atoms with Crippen LogP contribution in [0, 0.1) is 6.92 Å². The Balaban J connectivity index is 1.76. The van der Waals surface area contributed by atoms with E-state index in [0.29, 0.717) is 30.7 Å². The van der Waals surface area contributed by atoms with Gasteiger partial charge in [-0.3, -0.25) is 0 Å². The van der Waals surface area contributed by atoms with Crippen LogP contribution in [0.3, 0.4) is 0 Å². The number of nitrogens with zero attached hydrogens (tertiary/aromatic N) is 3. The Morgan fingerprint density at radius 1 is 1.30 bits per heavy atom. The number of aromatic nitrogens is 2. The van der Waals surface area contributed by atoms with Crippen molar-refractivity contribution >= 4 is 29.7 Å². The average Bonchev–Trinajstić information content (AvgIpc) is 3.17. The highest BCUT2D eigenvalue weighted by atomic mass is 32.2. The molecule has 2 aromatic rings. The van der Waals surface area contributed by atoms with Crippen LogP contribution >= 0.6 is 11.8 Å². The minimum absolute atomic E-state index is 0.0385. The first-order valence-electron chi connectivity index (χ1n) is 6.97. The Morgan fingerprint density at radius 3 is 2.74 bits per heavy atom. The first kappa shape index (κ1) is 15.6. The maximum atomic E-state index is 11.4. The predicted molar refractivity (Wildman–Crippen MR) is 82.2 cm³/mol. The van der Waals surface area contributed by atoms with Gasteiger partial charge in [-0.05, 0) is 17.8 Å². The molecular weight excluding hydrogens is 322 g/mol. The van der Waals surface area contributed by atoms with Crippen LogP contribution in [0.2, 0.25) is 0 Å². The van der Waals surface area contributed by atoms with Crippen molar-refractivity contribution in [1.82, 2.24) is 10.2 Å². The van der Waals surface area contributed by atoms with Gasteiger partial charge in [0.1, 0.15) is 10.7 Å². The van der Waals surface area contributed by atoms with E-state index in [9.17, 15) is 9.90 Å². The third-order valence-electron chi connectivity index (χ3n) is 3.12. The van der Waals surface area contributed by atoms with Crippen LogP contribution in [0.4, 0.5) is 5.88 Å². The molecule has 8 nitrogen and oxygen atoms in total. The fourth-order valence-electron chi connectivity index (χ4n) is 2.05. The molecule has 0 atom stereocenters. The molecule has 1 N–H and O–H groups in total. The van der Waals surface area contributed by atoms with E-state index in [1.807, 2.05) is 6.07 Å². The third-order valence-corrected chi connectivity index (χ3v) is 3.98. The van der Waals surface area contributed by atoms with Crippen LogP contribution < -0.4 is 4.90 Å². The largest absolute Gasteiger partial charge is 0.477 e. The third kappa shape index (κ3) is 3.93. The smallest absolute Gasteiger partial charge is 0.342 e. The number of hydrogen-bond acceptors (Lipinski definition) is 8. The Hall–Kier alpha value is -2.26. The lowest BCUT2D eigenvalue weighted by molar-refractivity contribution is -0.131. The number of morpholine rings is 1. The Morgan fingerprint density at radius 2 is 2.09 bits per heavy atom. The van der Waals surface area contributed by atoms with Crippen LogP contribution in [-0.2, 0) is 9.53 Å². The molecule has 0 bridgehead atoms. The second-order valence-corrected chi connectivity index (χ2v) is 5.77. The highest BCUT2D eigenvalue weighted by Crippen LogP contribution is 2.29. The molecular formula is C14H15N3O5S. The van der Waals surface area contributed by atoms with E-state index < -0.39 is 5.97 Å². The molecule has 0 aromatic carbocycles. The summed E-state index contributed by atoms with van der Waals surface area (Å²) in [6.45, 7) is 4.44. The van der Waals surface area contributed by atoms with Gasteiger partial charge in [0.25, 0.3) is 5.22 Å². The number of carboxylic acid groups (broad SMARTS) is 1. The van der Waals surface area contributed by atoms with E-state index >= 15 is 0 Å². The topological polar surface area (TPSA) is 102 Å². The van der Waals surface area contributed by atoms with Gasteiger partial charge >= 0.3 is 5.97 Å². The number of ether oxygens (including phenoxy) is 1. The number of aliphatic carboxylic acids is 1. The Labute approximate surface area is 136 Å². The molecule has 0 amide bonds. The van der Waals surface area contributed by atoms with Crippen LogP contribution in [0.25, 0.3) is 6.08 Å². The van der Waals surface area contributed by atoms with Gasteiger partial charge in [0.2, 0.25) is 5.89 Å². The number of furan rings is 1. The molecule has 2 aromatic heterocycles. The monoisotopic (exact) mass is 337 g/mol. The number of carboxylic acids is 1. The van der Waals surface area contributed by atoms with Crippen molar-refractivity contribution in [1.29, 1.82) is 0 Å². The van der Waals surface area contributed by atoms with Gasteiger partial charge in [-0.15, -0.1) is 10.2 Å². The minimum Gasteiger partial charge on any atom is -0.477 e. The normalized spacial score (nSPS) is 15.9. The SMILES string of the molecule is Cc1nnc(S/C(=C\c2ccc(N3CCOCC3)o2)C(=O)O)o1. The van der Waals surface area contributed by atoms with Crippen molar-refractivity contribution in [3.05, 3.63) is 28.7 Å². The number of aryl methyl sites for hydroxylation is 1. The molecule has 1 saturated heterocycles. The van der Waals surface area contributed by atoms with Crippen LogP contribution in [0.15, 0.2) is 31.1 Å². The lowest BCUT2D eigenvalue weighted by Crippen LogP contribution is -2.35. The fraction of sp³-hybridized carbons (Fsp3) is 0.357. The molecule has 3 rings (SSSR count). The number of hydrogen-bond donors (Lipinski definition) is 1. The van der Waals surface area contributed by atoms with E-state index in [-0.39, 0.29) is 10.1 Å². The highest BCUT2D eigenvalue weighted by Gasteiger charge is 2.17. The second-order valence-electron chi connectivity index (χ2n) is 4.78. The first-order chi connectivity index (χ1) is 11.1. The average molecular weight is 337 g/mol. The molecule has 1 fully saturated rings. The van der Waals surface area contributed by atoms with Gasteiger partial charge in [-0.2, -0.15) is 0 Å². The van der Waals surface area contributed by atoms with Gasteiger partial charge in [0, 0.05) is 32.2 Å². The fourth-order valence-corrected chi connectivity index (χ4v) is 2.75. The van der Waals surface area contributed by atoms with Crippen molar-refractivity contribution < 1.29 is 23.5 Å². The van der Waals surface area contributed by atoms with Gasteiger partial charge in [0.15, 0.2) is 5.88 Å². The molecule has 0 radical (unpaired) electrons. The minimum atomic E-state index is -1.09. The summed E-state index contributed by atoms with van der Waals surface area (Å²) < 4.78 is 16.2. The second kappa shape index (κ2) is 6.88. The number of anilines is 1. The summed E-state index contributed by atoms with van der Waals surface area (Å²) in [6.07, 6.45) is 1.44. The van der Waals surface area contributed by atoms with E-state index in [1.54, 1.807) is 13.0 Å². The van der Waals surface area contributed by atoms with E-state index in [4.69, 9.17) is 13.6 Å². The van der Waals surface area contributed by atoms with Gasteiger partial charge in [-0.25, -0.2) is 4.79 Å². The summed E-state index contributed by atoms with van der Waals surface area (Å²) in [5, 5.41) is 16.9. The highest BCUT2D eigenvalue weighted by molar-refractivity contribution is 8.03. The summed E-state index contributed by atoms with van der Waals surface area (Å²) >= 11 is 0.885. The lowest BCUT2D eigenvalue weighted by Gasteiger charge is -2.26. The zero-order valence-electron chi connectivity index (χ0n) is 12.4. The summed E-state index contributed by atoms with van der Waals surface area (Å²) in [5.74, 6) is 0.440. The van der Waals surface area contributed by atoms with Crippen LogP contribution in [-0.4, -0.2) is 47.6 Å². The zero-order chi connectivity index (χ0) is 16.2. The summed E-state index contributed by atoms with van der Waals surface area (Å²) in [5.41, 5.74) is 0. The number of rotatable bonds is 5. The quantitative estimate of drug-likeness (QED) is 0.648. The van der Waals surface area contributed by atoms with E-state index in [1.165, 1.54) is 6.08 Å². The molecule has 0 aliphatic carbocycles. The Kier molecular flexibility index (Phi) is 4.68. The molecule has 1 aliphatic heterocycles. The summed E-state index contributed by atoms with van der Waals surface area (Å²) in [4.78, 5) is 13.5. The molecule has 3 heterocycles. The lowest BCUT2D eigenvalue weighted by atomic mass is 10.4. The van der Waals surface area contributed by atoms with Crippen molar-refractivity contribution in [3.8, 4) is 0 Å². The van der Waals surface area contributed by atoms with Crippen LogP contribution in [0.1, 0.15) is 11.7 Å². The molecule has 0 spiro atoms. The molecule has 0 unspecified atom stereocenters. The van der Waals surface area contributed by atoms with Gasteiger partial charge < -0.3 is 23.6 Å². The van der Waals surface area contributed by atoms with Crippen molar-refractivity contribution in [2.24, 2.45) is 0 Å². The maximum Gasteiger partial charge on any atom is 0.342 e. The maximum absolute atomic E-state index is 11.4. The van der Waals surface area contributed by atoms with Crippen molar-refractivity contribution in [2.75, 3.05) is 31.2 Å². The Bertz CT molecular complexity index is 718. The molecule has 1 aliphatic rings.